The summed E-state index contributed by atoms with van der Waals surface area (Å²) in [6, 6.07) is 8.82. The third kappa shape index (κ3) is 5.22. The Bertz CT molecular complexity index is 684. The average Bonchev–Trinajstić information content (AvgIpc) is 2.54. The highest BCUT2D eigenvalue weighted by Crippen LogP contribution is 2.16. The summed E-state index contributed by atoms with van der Waals surface area (Å²) in [5.74, 6) is 1.55. The van der Waals surface area contributed by atoms with E-state index >= 15 is 0 Å². The fourth-order valence-corrected chi connectivity index (χ4v) is 2.11. The molecule has 0 fully saturated rings. The standard InChI is InChI=1S/C18H24N4O2/c1-12(2)9-10-19-18-20-13(3)11-16(22-18)17(23)21-14-5-7-15(24-4)8-6-14/h5-8,11-12H,9-10H2,1-4H3,(H,21,23)(H,19,20,22). The van der Waals surface area contributed by atoms with E-state index in [0.717, 1.165) is 24.4 Å². The summed E-state index contributed by atoms with van der Waals surface area (Å²) >= 11 is 0. The maximum absolute atomic E-state index is 12.4. The van der Waals surface area contributed by atoms with Crippen molar-refractivity contribution in [1.29, 1.82) is 0 Å². The molecule has 1 amide bonds. The molecule has 0 spiro atoms. The molecule has 0 aliphatic rings. The summed E-state index contributed by atoms with van der Waals surface area (Å²) in [6.45, 7) is 6.94. The molecule has 2 N–H and O–H groups in total. The first-order valence-electron chi connectivity index (χ1n) is 8.03. The highest BCUT2D eigenvalue weighted by Gasteiger charge is 2.11. The molecule has 0 radical (unpaired) electrons. The average molecular weight is 328 g/mol. The molecule has 1 aromatic carbocycles. The van der Waals surface area contributed by atoms with Crippen molar-refractivity contribution >= 4 is 17.5 Å². The smallest absolute Gasteiger partial charge is 0.274 e. The van der Waals surface area contributed by atoms with Gasteiger partial charge in [-0.3, -0.25) is 4.79 Å². The monoisotopic (exact) mass is 328 g/mol. The van der Waals surface area contributed by atoms with Crippen molar-refractivity contribution in [1.82, 2.24) is 9.97 Å². The Morgan fingerprint density at radius 3 is 2.54 bits per heavy atom. The number of aryl methyl sites for hydroxylation is 1. The fourth-order valence-electron chi connectivity index (χ4n) is 2.11. The number of nitrogens with one attached hydrogen (secondary N) is 2. The van der Waals surface area contributed by atoms with Crippen LogP contribution >= 0.6 is 0 Å². The molecule has 128 valence electrons. The Morgan fingerprint density at radius 2 is 1.92 bits per heavy atom. The van der Waals surface area contributed by atoms with Gasteiger partial charge < -0.3 is 15.4 Å². The van der Waals surface area contributed by atoms with Crippen molar-refractivity contribution in [3.05, 3.63) is 41.7 Å². The molecule has 0 saturated heterocycles. The van der Waals surface area contributed by atoms with Crippen LogP contribution in [0.15, 0.2) is 30.3 Å². The van der Waals surface area contributed by atoms with Crippen LogP contribution in [0.2, 0.25) is 0 Å². The number of rotatable bonds is 7. The Morgan fingerprint density at radius 1 is 1.21 bits per heavy atom. The number of amides is 1. The van der Waals surface area contributed by atoms with E-state index in [1.165, 1.54) is 0 Å². The molecule has 2 aromatic rings. The zero-order valence-corrected chi connectivity index (χ0v) is 14.6. The maximum atomic E-state index is 12.4. The van der Waals surface area contributed by atoms with Gasteiger partial charge in [0.2, 0.25) is 5.95 Å². The first kappa shape index (κ1) is 17.7. The van der Waals surface area contributed by atoms with Gasteiger partial charge in [-0.15, -0.1) is 0 Å². The number of hydrogen-bond acceptors (Lipinski definition) is 5. The minimum atomic E-state index is -0.266. The number of carbonyl (C=O) groups excluding carboxylic acids is 1. The zero-order chi connectivity index (χ0) is 17.5. The van der Waals surface area contributed by atoms with Gasteiger partial charge in [-0.05, 0) is 49.6 Å². The Kier molecular flexibility index (Phi) is 6.12. The number of methoxy groups -OCH3 is 1. The van der Waals surface area contributed by atoms with Crippen molar-refractivity contribution in [3.8, 4) is 5.75 Å². The largest absolute Gasteiger partial charge is 0.497 e. The molecule has 24 heavy (non-hydrogen) atoms. The second-order valence-electron chi connectivity index (χ2n) is 6.01. The molecular weight excluding hydrogens is 304 g/mol. The van der Waals surface area contributed by atoms with E-state index in [9.17, 15) is 4.79 Å². The fraction of sp³-hybridized carbons (Fsp3) is 0.389. The third-order valence-corrected chi connectivity index (χ3v) is 3.44. The molecule has 6 heteroatoms. The lowest BCUT2D eigenvalue weighted by Gasteiger charge is -2.10. The SMILES string of the molecule is COc1ccc(NC(=O)c2cc(C)nc(NCCC(C)C)n2)cc1. The summed E-state index contributed by atoms with van der Waals surface area (Å²) < 4.78 is 5.10. The lowest BCUT2D eigenvalue weighted by atomic mass is 10.1. The predicted octanol–water partition coefficient (Wildman–Crippen LogP) is 3.50. The van der Waals surface area contributed by atoms with Crippen LogP contribution in [0.5, 0.6) is 5.75 Å². The van der Waals surface area contributed by atoms with Gasteiger partial charge in [-0.2, -0.15) is 0 Å². The van der Waals surface area contributed by atoms with Crippen molar-refractivity contribution in [2.24, 2.45) is 5.92 Å². The summed E-state index contributed by atoms with van der Waals surface area (Å²) in [7, 11) is 1.60. The molecule has 0 atom stereocenters. The Balaban J connectivity index is 2.06. The van der Waals surface area contributed by atoms with Crippen LogP contribution < -0.4 is 15.4 Å². The molecule has 0 aliphatic heterocycles. The maximum Gasteiger partial charge on any atom is 0.274 e. The van der Waals surface area contributed by atoms with Gasteiger partial charge in [0, 0.05) is 17.9 Å². The zero-order valence-electron chi connectivity index (χ0n) is 14.6. The minimum absolute atomic E-state index is 0.266. The van der Waals surface area contributed by atoms with Crippen LogP contribution in [0, 0.1) is 12.8 Å². The third-order valence-electron chi connectivity index (χ3n) is 3.44. The summed E-state index contributed by atoms with van der Waals surface area (Å²) in [5, 5.41) is 6.00. The van der Waals surface area contributed by atoms with Gasteiger partial charge in [0.05, 0.1) is 7.11 Å². The van der Waals surface area contributed by atoms with Crippen molar-refractivity contribution in [3.63, 3.8) is 0 Å². The molecular formula is C18H24N4O2. The van der Waals surface area contributed by atoms with E-state index in [4.69, 9.17) is 4.74 Å². The summed E-state index contributed by atoms with van der Waals surface area (Å²) in [5.41, 5.74) is 1.77. The van der Waals surface area contributed by atoms with E-state index in [1.807, 2.05) is 6.92 Å². The van der Waals surface area contributed by atoms with Gasteiger partial charge in [0.15, 0.2) is 0 Å². The molecule has 0 unspecified atom stereocenters. The quantitative estimate of drug-likeness (QED) is 0.813. The van der Waals surface area contributed by atoms with Gasteiger partial charge in [0.1, 0.15) is 11.4 Å². The van der Waals surface area contributed by atoms with Crippen LogP contribution in [0.4, 0.5) is 11.6 Å². The van der Waals surface area contributed by atoms with Gasteiger partial charge >= 0.3 is 0 Å². The van der Waals surface area contributed by atoms with Crippen LogP contribution in [-0.4, -0.2) is 29.5 Å². The minimum Gasteiger partial charge on any atom is -0.497 e. The lowest BCUT2D eigenvalue weighted by Crippen LogP contribution is -2.16. The van der Waals surface area contributed by atoms with Gasteiger partial charge in [-0.25, -0.2) is 9.97 Å². The molecule has 2 rings (SSSR count). The van der Waals surface area contributed by atoms with E-state index in [0.29, 0.717) is 23.2 Å². The number of ether oxygens (including phenoxy) is 1. The second-order valence-corrected chi connectivity index (χ2v) is 6.01. The second kappa shape index (κ2) is 8.29. The van der Waals surface area contributed by atoms with E-state index < -0.39 is 0 Å². The van der Waals surface area contributed by atoms with Crippen molar-refractivity contribution in [2.45, 2.75) is 27.2 Å². The molecule has 1 aromatic heterocycles. The number of benzene rings is 1. The number of aromatic nitrogens is 2. The Hall–Kier alpha value is -2.63. The molecule has 0 aliphatic carbocycles. The van der Waals surface area contributed by atoms with E-state index in [2.05, 4.69) is 34.4 Å². The highest BCUT2D eigenvalue weighted by molar-refractivity contribution is 6.03. The number of anilines is 2. The van der Waals surface area contributed by atoms with Crippen molar-refractivity contribution < 1.29 is 9.53 Å². The van der Waals surface area contributed by atoms with Crippen LogP contribution in [0.1, 0.15) is 36.5 Å². The highest BCUT2D eigenvalue weighted by atomic mass is 16.5. The topological polar surface area (TPSA) is 76.1 Å². The van der Waals surface area contributed by atoms with Gasteiger partial charge in [0.25, 0.3) is 5.91 Å². The number of nitrogens with zero attached hydrogens (tertiary/aromatic N) is 2. The first-order chi connectivity index (χ1) is 11.5. The van der Waals surface area contributed by atoms with E-state index in [1.54, 1.807) is 37.4 Å². The van der Waals surface area contributed by atoms with Crippen LogP contribution in [0.3, 0.4) is 0 Å². The summed E-state index contributed by atoms with van der Waals surface area (Å²) in [4.78, 5) is 21.0. The first-order valence-corrected chi connectivity index (χ1v) is 8.03. The van der Waals surface area contributed by atoms with Gasteiger partial charge in [-0.1, -0.05) is 13.8 Å². The molecule has 0 bridgehead atoms. The summed E-state index contributed by atoms with van der Waals surface area (Å²) in [6.07, 6.45) is 1.02. The van der Waals surface area contributed by atoms with Crippen LogP contribution in [-0.2, 0) is 0 Å². The number of hydrogen-bond donors (Lipinski definition) is 2. The molecule has 6 nitrogen and oxygen atoms in total. The van der Waals surface area contributed by atoms with E-state index in [-0.39, 0.29) is 5.91 Å². The molecule has 0 saturated carbocycles. The lowest BCUT2D eigenvalue weighted by molar-refractivity contribution is 0.102. The predicted molar refractivity (Wildman–Crippen MR) is 95.7 cm³/mol. The number of carbonyl (C=O) groups is 1. The molecule has 1 heterocycles. The van der Waals surface area contributed by atoms with Crippen LogP contribution in [0.25, 0.3) is 0 Å². The van der Waals surface area contributed by atoms with Crippen molar-refractivity contribution in [2.75, 3.05) is 24.3 Å². The Labute approximate surface area is 142 Å². The normalized spacial score (nSPS) is 10.5.